The number of phosphoric ester groups is 1. The summed E-state index contributed by atoms with van der Waals surface area (Å²) in [6.45, 7) is 5.90. The highest BCUT2D eigenvalue weighted by Gasteiger charge is 2.36. The zero-order valence-electron chi connectivity index (χ0n) is 30.9. The van der Waals surface area contributed by atoms with Gasteiger partial charge in [-0.15, -0.1) is 0 Å². The van der Waals surface area contributed by atoms with Gasteiger partial charge in [0.2, 0.25) is 0 Å². The number of hydrogen-bond donors (Lipinski definition) is 2. The molecule has 1 aliphatic rings. The van der Waals surface area contributed by atoms with Crippen LogP contribution >= 0.6 is 7.82 Å². The van der Waals surface area contributed by atoms with Crippen molar-refractivity contribution in [3.05, 3.63) is 36.5 Å². The lowest BCUT2D eigenvalue weighted by atomic mass is 10.0. The minimum Gasteiger partial charge on any atom is -0.462 e. The number of esters is 2. The fraction of sp³-hybridized carbons (Fsp3) is 0.795. The van der Waals surface area contributed by atoms with E-state index in [2.05, 4.69) is 55.7 Å². The van der Waals surface area contributed by atoms with Crippen LogP contribution in [0.3, 0.4) is 0 Å². The normalized spacial score (nSPS) is 17.1. The maximum atomic E-state index is 12.4. The first kappa shape index (κ1) is 45.3. The second-order valence-corrected chi connectivity index (χ2v) is 15.0. The largest absolute Gasteiger partial charge is 0.469 e. The van der Waals surface area contributed by atoms with Crippen molar-refractivity contribution in [3.63, 3.8) is 0 Å². The van der Waals surface area contributed by atoms with E-state index < -0.39 is 32.5 Å². The molecular formula is C39H69O9P. The van der Waals surface area contributed by atoms with Crippen molar-refractivity contribution in [3.8, 4) is 0 Å². The van der Waals surface area contributed by atoms with Crippen molar-refractivity contribution in [2.24, 2.45) is 5.92 Å². The molecule has 9 nitrogen and oxygen atoms in total. The molecule has 0 bridgehead atoms. The van der Waals surface area contributed by atoms with Crippen molar-refractivity contribution in [1.82, 2.24) is 0 Å². The van der Waals surface area contributed by atoms with Gasteiger partial charge in [0.15, 0.2) is 6.10 Å². The molecule has 10 heteroatoms. The lowest BCUT2D eigenvalue weighted by molar-refractivity contribution is -0.161. The number of carbonyl (C=O) groups is 2. The van der Waals surface area contributed by atoms with Crippen molar-refractivity contribution in [1.29, 1.82) is 0 Å². The Morgan fingerprint density at radius 1 is 0.694 bits per heavy atom. The SMILES string of the molecule is CCCCC/C=C\C/C=C\CC1OC1C/C=C\CCCC(=O)O[C@H](COC(=O)CCCCCCCCCCCCC(C)C)COP(=O)(O)O. The second-order valence-electron chi connectivity index (χ2n) is 13.8. The van der Waals surface area contributed by atoms with Gasteiger partial charge in [0.25, 0.3) is 0 Å². The van der Waals surface area contributed by atoms with Gasteiger partial charge in [-0.05, 0) is 57.3 Å². The standard InChI is InChI=1S/C39H69O9P/c1-4-5-6-7-8-11-15-18-23-28-36-37(48-36)29-24-20-21-26-31-39(41)47-35(33-46-49(42,43)44)32-45-38(40)30-25-19-16-13-10-9-12-14-17-22-27-34(2)3/h8,11,18,20,23-24,34-37H,4-7,9-10,12-17,19,21-22,25-33H2,1-3H3,(H2,42,43,44)/b11-8-,23-18-,24-20-/t35-,36?,37?/m1/s1. The predicted molar refractivity (Wildman–Crippen MR) is 197 cm³/mol. The minimum atomic E-state index is -4.77. The van der Waals surface area contributed by atoms with Gasteiger partial charge in [-0.3, -0.25) is 14.1 Å². The maximum absolute atomic E-state index is 12.4. The number of unbranched alkanes of at least 4 members (excludes halogenated alkanes) is 13. The molecule has 284 valence electrons. The molecule has 0 aliphatic carbocycles. The Balaban J connectivity index is 2.15. The number of ether oxygens (including phenoxy) is 3. The molecule has 49 heavy (non-hydrogen) atoms. The molecule has 0 saturated carbocycles. The molecule has 0 spiro atoms. The van der Waals surface area contributed by atoms with Crippen LogP contribution in [-0.2, 0) is 32.9 Å². The van der Waals surface area contributed by atoms with Crippen LogP contribution in [0.1, 0.15) is 162 Å². The van der Waals surface area contributed by atoms with E-state index >= 15 is 0 Å². The van der Waals surface area contributed by atoms with Crippen LogP contribution in [0.4, 0.5) is 0 Å². The molecule has 0 radical (unpaired) electrons. The fourth-order valence-electron chi connectivity index (χ4n) is 5.47. The molecule has 0 aromatic carbocycles. The van der Waals surface area contributed by atoms with Gasteiger partial charge in [-0.1, -0.05) is 134 Å². The Morgan fingerprint density at radius 2 is 1.24 bits per heavy atom. The highest BCUT2D eigenvalue weighted by Crippen LogP contribution is 2.36. The van der Waals surface area contributed by atoms with E-state index in [0.717, 1.165) is 44.4 Å². The van der Waals surface area contributed by atoms with Crippen LogP contribution in [0.25, 0.3) is 0 Å². The van der Waals surface area contributed by atoms with Crippen LogP contribution in [0.2, 0.25) is 0 Å². The number of epoxide rings is 1. The van der Waals surface area contributed by atoms with Crippen molar-refractivity contribution < 1.29 is 42.7 Å². The van der Waals surface area contributed by atoms with Gasteiger partial charge in [0.05, 0.1) is 18.8 Å². The molecule has 1 heterocycles. The summed E-state index contributed by atoms with van der Waals surface area (Å²) in [5, 5.41) is 0. The maximum Gasteiger partial charge on any atom is 0.469 e. The monoisotopic (exact) mass is 712 g/mol. The van der Waals surface area contributed by atoms with Gasteiger partial charge in [-0.25, -0.2) is 4.57 Å². The molecule has 2 N–H and O–H groups in total. The van der Waals surface area contributed by atoms with Crippen LogP contribution < -0.4 is 0 Å². The average molecular weight is 713 g/mol. The molecule has 0 amide bonds. The van der Waals surface area contributed by atoms with Gasteiger partial charge >= 0.3 is 19.8 Å². The Bertz CT molecular complexity index is 972. The molecule has 2 unspecified atom stereocenters. The van der Waals surface area contributed by atoms with E-state index in [0.29, 0.717) is 19.3 Å². The second kappa shape index (κ2) is 29.9. The fourth-order valence-corrected chi connectivity index (χ4v) is 5.83. The van der Waals surface area contributed by atoms with E-state index in [4.69, 9.17) is 24.0 Å². The van der Waals surface area contributed by atoms with Gasteiger partial charge in [0, 0.05) is 12.8 Å². The molecule has 1 rings (SSSR count). The van der Waals surface area contributed by atoms with E-state index in [9.17, 15) is 14.2 Å². The Labute approximate surface area is 297 Å². The lowest BCUT2D eigenvalue weighted by Crippen LogP contribution is -2.29. The highest BCUT2D eigenvalue weighted by molar-refractivity contribution is 7.46. The zero-order chi connectivity index (χ0) is 36.0. The third-order valence-electron chi connectivity index (χ3n) is 8.49. The predicted octanol–water partition coefficient (Wildman–Crippen LogP) is 10.2. The summed E-state index contributed by atoms with van der Waals surface area (Å²) in [6, 6.07) is 0. The zero-order valence-corrected chi connectivity index (χ0v) is 31.8. The molecule has 1 aliphatic heterocycles. The Morgan fingerprint density at radius 3 is 1.88 bits per heavy atom. The average Bonchev–Trinajstić information content (AvgIpc) is 3.80. The first-order valence-corrected chi connectivity index (χ1v) is 20.8. The first-order chi connectivity index (χ1) is 23.6. The third kappa shape index (κ3) is 30.8. The molecule has 3 atom stereocenters. The van der Waals surface area contributed by atoms with Crippen molar-refractivity contribution in [2.45, 2.75) is 180 Å². The molecular weight excluding hydrogens is 643 g/mol. The van der Waals surface area contributed by atoms with Crippen LogP contribution in [0.5, 0.6) is 0 Å². The van der Waals surface area contributed by atoms with Gasteiger partial charge in [-0.2, -0.15) is 0 Å². The smallest absolute Gasteiger partial charge is 0.462 e. The van der Waals surface area contributed by atoms with Crippen LogP contribution in [-0.4, -0.2) is 53.3 Å². The number of phosphoric acid groups is 1. The van der Waals surface area contributed by atoms with E-state index in [-0.39, 0.29) is 31.7 Å². The van der Waals surface area contributed by atoms with Crippen LogP contribution in [0.15, 0.2) is 36.5 Å². The Hall–Kier alpha value is -1.77. The summed E-state index contributed by atoms with van der Waals surface area (Å²) in [6.07, 6.45) is 34.7. The summed E-state index contributed by atoms with van der Waals surface area (Å²) < 4.78 is 32.0. The summed E-state index contributed by atoms with van der Waals surface area (Å²) >= 11 is 0. The number of allylic oxidation sites excluding steroid dienone is 4. The van der Waals surface area contributed by atoms with Gasteiger partial charge < -0.3 is 24.0 Å². The summed E-state index contributed by atoms with van der Waals surface area (Å²) in [4.78, 5) is 42.8. The van der Waals surface area contributed by atoms with E-state index in [1.807, 2.05) is 6.08 Å². The lowest BCUT2D eigenvalue weighted by Gasteiger charge is -2.18. The summed E-state index contributed by atoms with van der Waals surface area (Å²) in [7, 11) is -4.77. The van der Waals surface area contributed by atoms with Gasteiger partial charge in [0.1, 0.15) is 6.61 Å². The molecule has 0 aromatic rings. The third-order valence-corrected chi connectivity index (χ3v) is 8.98. The first-order valence-electron chi connectivity index (χ1n) is 19.3. The molecule has 1 fully saturated rings. The quantitative estimate of drug-likeness (QED) is 0.0224. The number of rotatable bonds is 33. The number of carbonyl (C=O) groups excluding carboxylic acids is 2. The van der Waals surface area contributed by atoms with Crippen molar-refractivity contribution >= 4 is 19.8 Å². The summed E-state index contributed by atoms with van der Waals surface area (Å²) in [5.41, 5.74) is 0. The summed E-state index contributed by atoms with van der Waals surface area (Å²) in [5.74, 6) is -0.163. The Kier molecular flexibility index (Phi) is 27.6. The topological polar surface area (TPSA) is 132 Å². The highest BCUT2D eigenvalue weighted by atomic mass is 31.2. The van der Waals surface area contributed by atoms with Crippen molar-refractivity contribution in [2.75, 3.05) is 13.2 Å². The number of hydrogen-bond acceptors (Lipinski definition) is 7. The van der Waals surface area contributed by atoms with Crippen LogP contribution in [0, 0.1) is 5.92 Å². The molecule has 0 aromatic heterocycles. The minimum absolute atomic E-state index is 0.128. The van der Waals surface area contributed by atoms with E-state index in [1.165, 1.54) is 70.6 Å². The molecule has 1 saturated heterocycles. The van der Waals surface area contributed by atoms with E-state index in [1.54, 1.807) is 0 Å².